The van der Waals surface area contributed by atoms with E-state index < -0.39 is 15.9 Å². The third kappa shape index (κ3) is 4.26. The van der Waals surface area contributed by atoms with Gasteiger partial charge in [-0.15, -0.1) is 0 Å². The molecule has 0 aliphatic carbocycles. The summed E-state index contributed by atoms with van der Waals surface area (Å²) < 4.78 is 39.9. The van der Waals surface area contributed by atoms with Gasteiger partial charge >= 0.3 is 0 Å². The molecule has 0 unspecified atom stereocenters. The van der Waals surface area contributed by atoms with E-state index in [1.807, 2.05) is 12.1 Å². The van der Waals surface area contributed by atoms with E-state index in [1.54, 1.807) is 48.5 Å². The standard InChI is InChI=1S/C24H18N4O5S/c1-32-21-11-3-2-10-19(21)20-14-22-27-24(26-20)28-34(30,31)18-9-5-7-16(13-18)25-23(29)15-6-4-8-17(12-15)33-22/h2-14H,1H3,(H,25,29)(H,26,27,28). The smallest absolute Gasteiger partial charge is 0.264 e. The van der Waals surface area contributed by atoms with Crippen molar-refractivity contribution in [2.75, 3.05) is 17.1 Å². The molecule has 6 bridgehead atoms. The van der Waals surface area contributed by atoms with Crippen LogP contribution in [0.4, 0.5) is 11.6 Å². The number of methoxy groups -OCH3 is 1. The molecule has 0 radical (unpaired) electrons. The van der Waals surface area contributed by atoms with Crippen LogP contribution >= 0.6 is 0 Å². The van der Waals surface area contributed by atoms with Gasteiger partial charge in [-0.3, -0.25) is 4.79 Å². The number of aromatic nitrogens is 2. The number of amides is 1. The Balaban J connectivity index is 1.71. The van der Waals surface area contributed by atoms with Crippen LogP contribution in [0.1, 0.15) is 10.4 Å². The minimum atomic E-state index is -4.07. The highest BCUT2D eigenvalue weighted by Gasteiger charge is 2.20. The van der Waals surface area contributed by atoms with E-state index in [0.29, 0.717) is 34.0 Å². The summed E-state index contributed by atoms with van der Waals surface area (Å²) in [6.07, 6.45) is 0. The Bertz CT molecular complexity index is 1520. The van der Waals surface area contributed by atoms with E-state index in [2.05, 4.69) is 20.0 Å². The molecule has 5 rings (SSSR count). The van der Waals surface area contributed by atoms with Crippen LogP contribution in [0.25, 0.3) is 11.3 Å². The van der Waals surface area contributed by atoms with Gasteiger partial charge in [0.1, 0.15) is 11.5 Å². The molecule has 34 heavy (non-hydrogen) atoms. The Labute approximate surface area is 195 Å². The number of nitrogens with one attached hydrogen (secondary N) is 2. The molecule has 1 aliphatic rings. The topological polar surface area (TPSA) is 120 Å². The second-order valence-corrected chi connectivity index (χ2v) is 9.02. The lowest BCUT2D eigenvalue weighted by atomic mass is 10.1. The lowest BCUT2D eigenvalue weighted by Crippen LogP contribution is -2.17. The normalized spacial score (nSPS) is 14.1. The predicted octanol–water partition coefficient (Wildman–Crippen LogP) is 4.31. The molecule has 2 N–H and O–H groups in total. The first-order valence-corrected chi connectivity index (χ1v) is 11.6. The van der Waals surface area contributed by atoms with Gasteiger partial charge in [-0.25, -0.2) is 18.1 Å². The van der Waals surface area contributed by atoms with E-state index in [1.165, 1.54) is 25.3 Å². The van der Waals surface area contributed by atoms with Gasteiger partial charge in [0.2, 0.25) is 11.8 Å². The van der Waals surface area contributed by atoms with E-state index >= 15 is 0 Å². The van der Waals surface area contributed by atoms with Crippen LogP contribution in [0.15, 0.2) is 83.8 Å². The highest BCUT2D eigenvalue weighted by molar-refractivity contribution is 7.92. The van der Waals surface area contributed by atoms with E-state index in [-0.39, 0.29) is 16.7 Å². The van der Waals surface area contributed by atoms with Crippen molar-refractivity contribution < 1.29 is 22.7 Å². The number of benzene rings is 3. The molecule has 170 valence electrons. The van der Waals surface area contributed by atoms with Gasteiger partial charge in [0.25, 0.3) is 15.9 Å². The summed E-state index contributed by atoms with van der Waals surface area (Å²) in [5, 5.41) is 2.70. The first kappa shape index (κ1) is 21.4. The second-order valence-electron chi connectivity index (χ2n) is 7.33. The fourth-order valence-corrected chi connectivity index (χ4v) is 4.45. The molecule has 0 saturated heterocycles. The van der Waals surface area contributed by atoms with Gasteiger partial charge in [0.05, 0.1) is 17.7 Å². The molecule has 10 heteroatoms. The van der Waals surface area contributed by atoms with Crippen LogP contribution in [-0.4, -0.2) is 31.4 Å². The Morgan fingerprint density at radius 2 is 1.74 bits per heavy atom. The molecular formula is C24H18N4O5S. The average molecular weight is 474 g/mol. The number of rotatable bonds is 2. The van der Waals surface area contributed by atoms with Crippen molar-refractivity contribution in [3.63, 3.8) is 0 Å². The molecule has 0 atom stereocenters. The van der Waals surface area contributed by atoms with Gasteiger partial charge in [0, 0.05) is 22.9 Å². The molecule has 4 aromatic rings. The summed E-state index contributed by atoms with van der Waals surface area (Å²) >= 11 is 0. The van der Waals surface area contributed by atoms with Gasteiger partial charge < -0.3 is 14.8 Å². The van der Waals surface area contributed by atoms with E-state index in [4.69, 9.17) is 9.47 Å². The minimum absolute atomic E-state index is 0.0649. The SMILES string of the molecule is COc1ccccc1-c1cc2nc(n1)NS(=O)(=O)c1cccc(c1)NC(=O)c1cccc(c1)O2. The van der Waals surface area contributed by atoms with Crippen molar-refractivity contribution in [2.45, 2.75) is 4.90 Å². The van der Waals surface area contributed by atoms with Crippen LogP contribution in [0.3, 0.4) is 0 Å². The quantitative estimate of drug-likeness (QED) is 0.444. The Kier molecular flexibility index (Phi) is 5.34. The van der Waals surface area contributed by atoms with E-state index in [0.717, 1.165) is 0 Å². The molecule has 1 aromatic heterocycles. The number of nitrogens with zero attached hydrogens (tertiary/aromatic N) is 2. The maximum atomic E-state index is 13.1. The first-order chi connectivity index (χ1) is 16.4. The van der Waals surface area contributed by atoms with Crippen molar-refractivity contribution in [2.24, 2.45) is 0 Å². The van der Waals surface area contributed by atoms with Crippen molar-refractivity contribution in [1.29, 1.82) is 0 Å². The number of fused-ring (bicyclic) bond motifs is 6. The summed E-state index contributed by atoms with van der Waals surface area (Å²) in [5.74, 6) is 0.375. The van der Waals surface area contributed by atoms with Crippen LogP contribution in [0, 0.1) is 0 Å². The van der Waals surface area contributed by atoms with Gasteiger partial charge in [-0.1, -0.05) is 24.3 Å². The maximum absolute atomic E-state index is 13.1. The summed E-state index contributed by atoms with van der Waals surface area (Å²) in [6, 6.07) is 21.2. The number of ether oxygens (including phenoxy) is 2. The maximum Gasteiger partial charge on any atom is 0.264 e. The van der Waals surface area contributed by atoms with Crippen LogP contribution in [0.2, 0.25) is 0 Å². The summed E-state index contributed by atoms with van der Waals surface area (Å²) in [5.41, 5.74) is 1.66. The average Bonchev–Trinajstić information content (AvgIpc) is 2.83. The third-order valence-corrected chi connectivity index (χ3v) is 6.36. The third-order valence-electron chi connectivity index (χ3n) is 5.03. The summed E-state index contributed by atoms with van der Waals surface area (Å²) in [7, 11) is -2.54. The van der Waals surface area contributed by atoms with Crippen LogP contribution < -0.4 is 19.5 Å². The molecular weight excluding hydrogens is 456 g/mol. The number of carbonyl (C=O) groups is 1. The number of hydrogen-bond donors (Lipinski definition) is 2. The fraction of sp³-hybridized carbons (Fsp3) is 0.0417. The Hall–Kier alpha value is -4.44. The summed E-state index contributed by atoms with van der Waals surface area (Å²) in [4.78, 5) is 21.3. The number of para-hydroxylation sites is 1. The van der Waals surface area contributed by atoms with Crippen molar-refractivity contribution in [3.8, 4) is 28.6 Å². The molecule has 0 fully saturated rings. The van der Waals surface area contributed by atoms with Crippen LogP contribution in [0.5, 0.6) is 17.4 Å². The van der Waals surface area contributed by atoms with Crippen molar-refractivity contribution >= 4 is 27.6 Å². The molecule has 9 nitrogen and oxygen atoms in total. The highest BCUT2D eigenvalue weighted by Crippen LogP contribution is 2.33. The van der Waals surface area contributed by atoms with Crippen LogP contribution in [-0.2, 0) is 10.0 Å². The first-order valence-electron chi connectivity index (χ1n) is 10.2. The fourth-order valence-electron chi connectivity index (χ4n) is 3.46. The Morgan fingerprint density at radius 1 is 0.912 bits per heavy atom. The second kappa shape index (κ2) is 8.49. The van der Waals surface area contributed by atoms with Crippen molar-refractivity contribution in [1.82, 2.24) is 9.97 Å². The summed E-state index contributed by atoms with van der Waals surface area (Å²) in [6.45, 7) is 0. The predicted molar refractivity (Wildman–Crippen MR) is 126 cm³/mol. The minimum Gasteiger partial charge on any atom is -0.496 e. The number of carbonyl (C=O) groups excluding carboxylic acids is 1. The molecule has 1 aliphatic heterocycles. The Morgan fingerprint density at radius 3 is 2.59 bits per heavy atom. The number of hydrogen-bond acceptors (Lipinski definition) is 7. The van der Waals surface area contributed by atoms with E-state index in [9.17, 15) is 13.2 Å². The van der Waals surface area contributed by atoms with Gasteiger partial charge in [0.15, 0.2) is 0 Å². The van der Waals surface area contributed by atoms with Gasteiger partial charge in [-0.05, 0) is 48.5 Å². The van der Waals surface area contributed by atoms with Gasteiger partial charge in [-0.2, -0.15) is 4.98 Å². The lowest BCUT2D eigenvalue weighted by molar-refractivity contribution is 0.102. The highest BCUT2D eigenvalue weighted by atomic mass is 32.2. The number of anilines is 2. The lowest BCUT2D eigenvalue weighted by Gasteiger charge is -2.14. The largest absolute Gasteiger partial charge is 0.496 e. The molecule has 0 saturated carbocycles. The molecule has 0 spiro atoms. The molecule has 1 amide bonds. The molecule has 2 heterocycles. The zero-order valence-corrected chi connectivity index (χ0v) is 18.7. The molecule has 3 aromatic carbocycles. The monoisotopic (exact) mass is 474 g/mol. The zero-order valence-electron chi connectivity index (χ0n) is 17.8. The van der Waals surface area contributed by atoms with Crippen molar-refractivity contribution in [3.05, 3.63) is 84.4 Å². The number of sulfonamides is 1. The zero-order chi connectivity index (χ0) is 23.7.